The van der Waals surface area contributed by atoms with Gasteiger partial charge in [0, 0.05) is 6.42 Å². The highest BCUT2D eigenvalue weighted by Crippen LogP contribution is 2.22. The van der Waals surface area contributed by atoms with Gasteiger partial charge in [0.15, 0.2) is 0 Å². The largest absolute Gasteiger partial charge is 0.300 e. The quantitative estimate of drug-likeness (QED) is 0.728. The molecule has 0 aliphatic carbocycles. The molecule has 0 amide bonds. The predicted octanol–water partition coefficient (Wildman–Crippen LogP) is 3.00. The highest BCUT2D eigenvalue weighted by Gasteiger charge is 2.18. The summed E-state index contributed by atoms with van der Waals surface area (Å²) in [5.74, 6) is 0.125. The molecule has 2 aromatic carbocycles. The van der Waals surface area contributed by atoms with Gasteiger partial charge in [-0.15, -0.1) is 0 Å². The molecule has 0 aliphatic rings. The van der Waals surface area contributed by atoms with Crippen molar-refractivity contribution in [1.82, 2.24) is 15.0 Å². The number of hydrogen-bond donors (Lipinski definition) is 0. The first kappa shape index (κ1) is 12.5. The molecule has 0 unspecified atom stereocenters. The monoisotopic (exact) mass is 265 g/mol. The Morgan fingerprint density at radius 3 is 2.10 bits per heavy atom. The number of Topliss-reactive ketones (excluding diaryl/α,β-unsaturated/α-hetero) is 1. The van der Waals surface area contributed by atoms with Crippen LogP contribution in [0.5, 0.6) is 0 Å². The van der Waals surface area contributed by atoms with E-state index in [4.69, 9.17) is 0 Å². The van der Waals surface area contributed by atoms with Crippen molar-refractivity contribution in [2.45, 2.75) is 19.4 Å². The predicted molar refractivity (Wildman–Crippen MR) is 77.4 cm³/mol. The third kappa shape index (κ3) is 2.45. The van der Waals surface area contributed by atoms with Gasteiger partial charge in [0.05, 0.1) is 0 Å². The maximum Gasteiger partial charge on any atom is 0.132 e. The molecule has 1 aromatic heterocycles. The zero-order valence-corrected chi connectivity index (χ0v) is 11.2. The number of ketones is 1. The van der Waals surface area contributed by atoms with Crippen molar-refractivity contribution in [3.05, 3.63) is 60.2 Å². The lowest BCUT2D eigenvalue weighted by molar-refractivity contribution is -0.117. The molecule has 1 heterocycles. The van der Waals surface area contributed by atoms with Crippen LogP contribution < -0.4 is 0 Å². The van der Waals surface area contributed by atoms with Crippen molar-refractivity contribution in [2.24, 2.45) is 0 Å². The number of carbonyl (C=O) groups excluding carboxylic acids is 1. The summed E-state index contributed by atoms with van der Waals surface area (Å²) >= 11 is 0. The minimum atomic E-state index is -0.152. The Labute approximate surface area is 117 Å². The molecule has 4 nitrogen and oxygen atoms in total. The van der Waals surface area contributed by atoms with E-state index in [1.807, 2.05) is 54.6 Å². The first-order valence-corrected chi connectivity index (χ1v) is 6.60. The minimum absolute atomic E-state index is 0.125. The Morgan fingerprint density at radius 1 is 1.00 bits per heavy atom. The van der Waals surface area contributed by atoms with E-state index >= 15 is 0 Å². The summed E-state index contributed by atoms with van der Waals surface area (Å²) in [6, 6.07) is 17.5. The Hall–Kier alpha value is -2.49. The molecule has 100 valence electrons. The van der Waals surface area contributed by atoms with Gasteiger partial charge in [-0.2, -0.15) is 15.0 Å². The maximum atomic E-state index is 11.5. The van der Waals surface area contributed by atoms with Crippen LogP contribution in [-0.2, 0) is 4.79 Å². The smallest absolute Gasteiger partial charge is 0.132 e. The summed E-state index contributed by atoms with van der Waals surface area (Å²) in [5.41, 5.74) is 2.73. The molecule has 0 saturated heterocycles. The lowest BCUT2D eigenvalue weighted by Gasteiger charge is -2.14. The lowest BCUT2D eigenvalue weighted by atomic mass is 10.0. The fourth-order valence-electron chi connectivity index (χ4n) is 2.30. The Bertz CT molecular complexity index is 701. The van der Waals surface area contributed by atoms with E-state index in [0.717, 1.165) is 16.6 Å². The maximum absolute atomic E-state index is 11.5. The first-order chi connectivity index (χ1) is 9.74. The summed E-state index contributed by atoms with van der Waals surface area (Å²) in [5, 5.41) is 8.99. The van der Waals surface area contributed by atoms with Crippen LogP contribution in [0.25, 0.3) is 11.0 Å². The van der Waals surface area contributed by atoms with Gasteiger partial charge in [-0.1, -0.05) is 42.5 Å². The molecule has 0 spiro atoms. The van der Waals surface area contributed by atoms with Crippen LogP contribution in [0, 0.1) is 0 Å². The van der Waals surface area contributed by atoms with Gasteiger partial charge in [-0.05, 0) is 24.6 Å². The highest BCUT2D eigenvalue weighted by atomic mass is 16.1. The van der Waals surface area contributed by atoms with E-state index in [0.29, 0.717) is 6.42 Å². The Morgan fingerprint density at radius 2 is 1.55 bits per heavy atom. The van der Waals surface area contributed by atoms with Crippen molar-refractivity contribution < 1.29 is 4.79 Å². The van der Waals surface area contributed by atoms with Crippen LogP contribution in [0.15, 0.2) is 54.6 Å². The summed E-state index contributed by atoms with van der Waals surface area (Å²) in [4.78, 5) is 13.2. The van der Waals surface area contributed by atoms with Crippen LogP contribution in [-0.4, -0.2) is 20.8 Å². The molecule has 0 bridgehead atoms. The van der Waals surface area contributed by atoms with Gasteiger partial charge in [-0.3, -0.25) is 4.79 Å². The standard InChI is InChI=1S/C16H15N3O/c1-12(20)11-16(13-7-3-2-4-8-13)19-17-14-9-5-6-10-15(14)18-19/h2-10,16H,11H2,1H3/t16-/m0/s1. The van der Waals surface area contributed by atoms with Gasteiger partial charge in [-0.25, -0.2) is 0 Å². The van der Waals surface area contributed by atoms with E-state index < -0.39 is 0 Å². The minimum Gasteiger partial charge on any atom is -0.300 e. The summed E-state index contributed by atoms with van der Waals surface area (Å²) in [7, 11) is 0. The third-order valence-electron chi connectivity index (χ3n) is 3.25. The van der Waals surface area contributed by atoms with Gasteiger partial charge in [0.1, 0.15) is 22.9 Å². The molecule has 0 aliphatic heterocycles. The topological polar surface area (TPSA) is 47.8 Å². The van der Waals surface area contributed by atoms with Crippen LogP contribution in [0.4, 0.5) is 0 Å². The fourth-order valence-corrected chi connectivity index (χ4v) is 2.30. The molecule has 4 heteroatoms. The molecule has 0 saturated carbocycles. The van der Waals surface area contributed by atoms with Crippen molar-refractivity contribution in [2.75, 3.05) is 0 Å². The van der Waals surface area contributed by atoms with Crippen LogP contribution in [0.1, 0.15) is 24.9 Å². The van der Waals surface area contributed by atoms with Gasteiger partial charge < -0.3 is 0 Å². The zero-order chi connectivity index (χ0) is 13.9. The van der Waals surface area contributed by atoms with E-state index in [-0.39, 0.29) is 11.8 Å². The first-order valence-electron chi connectivity index (χ1n) is 6.60. The average molecular weight is 265 g/mol. The molecule has 3 rings (SSSR count). The average Bonchev–Trinajstić information content (AvgIpc) is 2.89. The second kappa shape index (κ2) is 5.25. The van der Waals surface area contributed by atoms with E-state index in [9.17, 15) is 4.79 Å². The molecule has 0 N–H and O–H groups in total. The number of fused-ring (bicyclic) bond motifs is 1. The number of aromatic nitrogens is 3. The van der Waals surface area contributed by atoms with Crippen molar-refractivity contribution in [1.29, 1.82) is 0 Å². The van der Waals surface area contributed by atoms with Gasteiger partial charge in [0.25, 0.3) is 0 Å². The third-order valence-corrected chi connectivity index (χ3v) is 3.25. The van der Waals surface area contributed by atoms with E-state index in [2.05, 4.69) is 10.2 Å². The van der Waals surface area contributed by atoms with E-state index in [1.165, 1.54) is 0 Å². The van der Waals surface area contributed by atoms with Crippen LogP contribution in [0.3, 0.4) is 0 Å². The lowest BCUT2D eigenvalue weighted by Crippen LogP contribution is -2.16. The normalized spacial score (nSPS) is 12.4. The second-order valence-electron chi connectivity index (χ2n) is 4.84. The number of hydrogen-bond acceptors (Lipinski definition) is 3. The van der Waals surface area contributed by atoms with Crippen molar-refractivity contribution >= 4 is 16.8 Å². The molecule has 20 heavy (non-hydrogen) atoms. The van der Waals surface area contributed by atoms with Crippen molar-refractivity contribution in [3.8, 4) is 0 Å². The van der Waals surface area contributed by atoms with Crippen LogP contribution in [0.2, 0.25) is 0 Å². The summed E-state index contributed by atoms with van der Waals surface area (Å²) in [6.45, 7) is 1.60. The molecule has 0 fully saturated rings. The Kier molecular flexibility index (Phi) is 3.29. The van der Waals surface area contributed by atoms with Gasteiger partial charge >= 0.3 is 0 Å². The SMILES string of the molecule is CC(=O)C[C@@H](c1ccccc1)n1nc2ccccc2n1. The second-order valence-corrected chi connectivity index (χ2v) is 4.84. The number of nitrogens with zero attached hydrogens (tertiary/aromatic N) is 3. The van der Waals surface area contributed by atoms with Gasteiger partial charge in [0.2, 0.25) is 0 Å². The van der Waals surface area contributed by atoms with E-state index in [1.54, 1.807) is 11.7 Å². The Balaban J connectivity index is 2.06. The highest BCUT2D eigenvalue weighted by molar-refractivity contribution is 5.76. The molecule has 0 radical (unpaired) electrons. The van der Waals surface area contributed by atoms with Crippen LogP contribution >= 0.6 is 0 Å². The van der Waals surface area contributed by atoms with Crippen molar-refractivity contribution in [3.63, 3.8) is 0 Å². The molecule has 1 atom stereocenters. The summed E-state index contributed by atoms with van der Waals surface area (Å²) in [6.07, 6.45) is 0.394. The number of carbonyl (C=O) groups is 1. The summed E-state index contributed by atoms with van der Waals surface area (Å²) < 4.78 is 0. The molecular weight excluding hydrogens is 250 g/mol. The zero-order valence-electron chi connectivity index (χ0n) is 11.2. The fraction of sp³-hybridized carbons (Fsp3) is 0.188. The molecular formula is C16H15N3O. The molecule has 3 aromatic rings. The number of benzene rings is 2. The number of rotatable bonds is 4.